The Bertz CT molecular complexity index is 878. The molecule has 4 nitrogen and oxygen atoms in total. The second kappa shape index (κ2) is 7.30. The molecule has 0 aliphatic carbocycles. The van der Waals surface area contributed by atoms with Crippen molar-refractivity contribution in [2.45, 2.75) is 13.5 Å². The van der Waals surface area contributed by atoms with Crippen molar-refractivity contribution in [1.29, 1.82) is 0 Å². The number of pyridine rings is 1. The quantitative estimate of drug-likeness (QED) is 0.737. The molecule has 0 unspecified atom stereocenters. The first kappa shape index (κ1) is 16.9. The lowest BCUT2D eigenvalue weighted by Gasteiger charge is -2.15. The molecule has 2 heterocycles. The number of fused-ring (bicyclic) bond motifs is 1. The molecular formula is C18H18ClN3OS. The van der Waals surface area contributed by atoms with Crippen LogP contribution in [0.4, 0.5) is 5.82 Å². The van der Waals surface area contributed by atoms with E-state index in [4.69, 9.17) is 11.6 Å². The molecule has 3 aromatic rings. The third-order valence-electron chi connectivity index (χ3n) is 3.58. The summed E-state index contributed by atoms with van der Waals surface area (Å²) in [5.74, 6) is 0.487. The number of halogens is 1. The Morgan fingerprint density at radius 2 is 2.04 bits per heavy atom. The maximum Gasteiger partial charge on any atom is 0.239 e. The lowest BCUT2D eigenvalue weighted by atomic mass is 10.2. The molecular weight excluding hydrogens is 342 g/mol. The standard InChI is InChI=1S/C18H18ClN3OS/c1-12-6-5-9-16(20-12)21-17(23)11-22(2)10-15-18(19)13-7-3-4-8-14(13)24-15/h3-9H,10-11H2,1-2H3,(H,20,21,23). The van der Waals surface area contributed by atoms with E-state index in [9.17, 15) is 4.79 Å². The van der Waals surface area contributed by atoms with Gasteiger partial charge >= 0.3 is 0 Å². The molecule has 1 N–H and O–H groups in total. The summed E-state index contributed by atoms with van der Waals surface area (Å²) in [5, 5.41) is 4.67. The molecule has 0 saturated carbocycles. The Morgan fingerprint density at radius 3 is 2.79 bits per heavy atom. The van der Waals surface area contributed by atoms with Crippen LogP contribution in [0, 0.1) is 6.92 Å². The zero-order valence-electron chi connectivity index (χ0n) is 13.5. The van der Waals surface area contributed by atoms with Crippen LogP contribution in [0.1, 0.15) is 10.6 Å². The number of carbonyl (C=O) groups excluding carboxylic acids is 1. The molecule has 0 aliphatic rings. The summed E-state index contributed by atoms with van der Waals surface area (Å²) in [5.41, 5.74) is 0.873. The lowest BCUT2D eigenvalue weighted by molar-refractivity contribution is -0.117. The number of benzene rings is 1. The van der Waals surface area contributed by atoms with Crippen LogP contribution >= 0.6 is 22.9 Å². The Kier molecular flexibility index (Phi) is 5.14. The van der Waals surface area contributed by atoms with E-state index in [1.54, 1.807) is 17.4 Å². The van der Waals surface area contributed by atoms with Crippen LogP contribution in [-0.4, -0.2) is 29.4 Å². The average molecular weight is 360 g/mol. The predicted molar refractivity (Wildman–Crippen MR) is 101 cm³/mol. The third-order valence-corrected chi connectivity index (χ3v) is 5.28. The van der Waals surface area contributed by atoms with Crippen molar-refractivity contribution in [1.82, 2.24) is 9.88 Å². The molecule has 0 fully saturated rings. The first-order valence-corrected chi connectivity index (χ1v) is 8.80. The summed E-state index contributed by atoms with van der Waals surface area (Å²) in [6.45, 7) is 2.80. The third kappa shape index (κ3) is 3.93. The highest BCUT2D eigenvalue weighted by Gasteiger charge is 2.14. The maximum absolute atomic E-state index is 12.2. The zero-order chi connectivity index (χ0) is 17.1. The number of carbonyl (C=O) groups is 1. The molecule has 1 aromatic carbocycles. The van der Waals surface area contributed by atoms with Gasteiger partial charge < -0.3 is 5.32 Å². The summed E-state index contributed by atoms with van der Waals surface area (Å²) in [4.78, 5) is 19.5. The van der Waals surface area contributed by atoms with E-state index in [0.29, 0.717) is 12.4 Å². The second-order valence-electron chi connectivity index (χ2n) is 5.72. The largest absolute Gasteiger partial charge is 0.310 e. The number of thiophene rings is 1. The van der Waals surface area contributed by atoms with Gasteiger partial charge in [0.15, 0.2) is 0 Å². The fraction of sp³-hybridized carbons (Fsp3) is 0.222. The SMILES string of the molecule is Cc1cccc(NC(=O)CN(C)Cc2sc3ccccc3c2Cl)n1. The molecule has 0 radical (unpaired) electrons. The predicted octanol–water partition coefficient (Wildman–Crippen LogP) is 4.33. The summed E-state index contributed by atoms with van der Waals surface area (Å²) >= 11 is 8.13. The van der Waals surface area contributed by atoms with Crippen molar-refractivity contribution in [3.63, 3.8) is 0 Å². The second-order valence-corrected chi connectivity index (χ2v) is 7.23. The number of aromatic nitrogens is 1. The molecule has 124 valence electrons. The van der Waals surface area contributed by atoms with Gasteiger partial charge in [0.05, 0.1) is 11.6 Å². The minimum Gasteiger partial charge on any atom is -0.310 e. The summed E-state index contributed by atoms with van der Waals surface area (Å²) in [6, 6.07) is 13.6. The fourth-order valence-electron chi connectivity index (χ4n) is 2.51. The van der Waals surface area contributed by atoms with Crippen molar-refractivity contribution in [3.8, 4) is 0 Å². The minimum absolute atomic E-state index is 0.0900. The Balaban J connectivity index is 1.63. The van der Waals surface area contributed by atoms with E-state index < -0.39 is 0 Å². The molecule has 2 aromatic heterocycles. The molecule has 6 heteroatoms. The van der Waals surface area contributed by atoms with Gasteiger partial charge in [0.25, 0.3) is 0 Å². The highest BCUT2D eigenvalue weighted by atomic mass is 35.5. The number of nitrogens with one attached hydrogen (secondary N) is 1. The molecule has 0 saturated heterocycles. The number of amides is 1. The highest BCUT2D eigenvalue weighted by Crippen LogP contribution is 2.35. The molecule has 3 rings (SSSR count). The van der Waals surface area contributed by atoms with Crippen molar-refractivity contribution in [2.24, 2.45) is 0 Å². The van der Waals surface area contributed by atoms with Crippen molar-refractivity contribution in [3.05, 3.63) is 58.1 Å². The van der Waals surface area contributed by atoms with Gasteiger partial charge in [-0.05, 0) is 32.2 Å². The van der Waals surface area contributed by atoms with Crippen LogP contribution in [0.3, 0.4) is 0 Å². The molecule has 1 amide bonds. The van der Waals surface area contributed by atoms with Gasteiger partial charge in [-0.1, -0.05) is 35.9 Å². The minimum atomic E-state index is -0.0900. The molecule has 0 aliphatic heterocycles. The van der Waals surface area contributed by atoms with Gasteiger partial charge in [0.1, 0.15) is 5.82 Å². The Labute approximate surface area is 150 Å². The van der Waals surface area contributed by atoms with Crippen LogP contribution in [-0.2, 0) is 11.3 Å². The normalized spacial score (nSPS) is 11.2. The topological polar surface area (TPSA) is 45.2 Å². The van der Waals surface area contributed by atoms with Gasteiger partial charge in [-0.2, -0.15) is 0 Å². The maximum atomic E-state index is 12.2. The first-order chi connectivity index (χ1) is 11.5. The van der Waals surface area contributed by atoms with E-state index in [-0.39, 0.29) is 12.5 Å². The van der Waals surface area contributed by atoms with Crippen molar-refractivity contribution >= 4 is 44.7 Å². The van der Waals surface area contributed by atoms with Crippen LogP contribution in [0.5, 0.6) is 0 Å². The van der Waals surface area contributed by atoms with Gasteiger partial charge in [0.2, 0.25) is 5.91 Å². The first-order valence-electron chi connectivity index (χ1n) is 7.61. The van der Waals surface area contributed by atoms with Crippen molar-refractivity contribution < 1.29 is 4.79 Å². The lowest BCUT2D eigenvalue weighted by Crippen LogP contribution is -2.29. The Morgan fingerprint density at radius 1 is 1.25 bits per heavy atom. The van der Waals surface area contributed by atoms with Gasteiger partial charge in [-0.15, -0.1) is 11.3 Å². The van der Waals surface area contributed by atoms with Gasteiger partial charge in [-0.25, -0.2) is 4.98 Å². The van der Waals surface area contributed by atoms with Crippen LogP contribution in [0.25, 0.3) is 10.1 Å². The number of anilines is 1. The van der Waals surface area contributed by atoms with E-state index in [1.807, 2.05) is 49.2 Å². The molecule has 0 spiro atoms. The Hall–Kier alpha value is -1.95. The van der Waals surface area contributed by atoms with Crippen LogP contribution in [0.2, 0.25) is 5.02 Å². The monoisotopic (exact) mass is 359 g/mol. The van der Waals surface area contributed by atoms with E-state index in [0.717, 1.165) is 21.0 Å². The molecule has 0 bridgehead atoms. The smallest absolute Gasteiger partial charge is 0.239 e. The number of aryl methyl sites for hydroxylation is 1. The summed E-state index contributed by atoms with van der Waals surface area (Å²) in [7, 11) is 1.91. The van der Waals surface area contributed by atoms with Crippen LogP contribution in [0.15, 0.2) is 42.5 Å². The van der Waals surface area contributed by atoms with E-state index >= 15 is 0 Å². The molecule has 24 heavy (non-hydrogen) atoms. The highest BCUT2D eigenvalue weighted by molar-refractivity contribution is 7.19. The number of likely N-dealkylation sites (N-methyl/N-ethyl adjacent to an activating group) is 1. The summed E-state index contributed by atoms with van der Waals surface area (Å²) < 4.78 is 1.17. The number of hydrogen-bond acceptors (Lipinski definition) is 4. The number of hydrogen-bond donors (Lipinski definition) is 1. The van der Waals surface area contributed by atoms with Crippen molar-refractivity contribution in [2.75, 3.05) is 18.9 Å². The zero-order valence-corrected chi connectivity index (χ0v) is 15.1. The fourth-order valence-corrected chi connectivity index (χ4v) is 4.08. The average Bonchev–Trinajstić information content (AvgIpc) is 2.83. The molecule has 0 atom stereocenters. The van der Waals surface area contributed by atoms with E-state index in [2.05, 4.69) is 16.4 Å². The van der Waals surface area contributed by atoms with Gasteiger partial charge in [0, 0.05) is 27.2 Å². The van der Waals surface area contributed by atoms with E-state index in [1.165, 1.54) is 4.70 Å². The number of nitrogens with zero attached hydrogens (tertiary/aromatic N) is 2. The number of rotatable bonds is 5. The van der Waals surface area contributed by atoms with Crippen LogP contribution < -0.4 is 5.32 Å². The van der Waals surface area contributed by atoms with Gasteiger partial charge in [-0.3, -0.25) is 9.69 Å². The summed E-state index contributed by atoms with van der Waals surface area (Å²) in [6.07, 6.45) is 0.